The van der Waals surface area contributed by atoms with E-state index in [9.17, 15) is 19.7 Å². The van der Waals surface area contributed by atoms with Crippen LogP contribution in [0.1, 0.15) is 28.9 Å². The lowest BCUT2D eigenvalue weighted by molar-refractivity contribution is -0.384. The van der Waals surface area contributed by atoms with Crippen LogP contribution in [-0.2, 0) is 9.53 Å². The minimum Gasteiger partial charge on any atom is -0.452 e. The molecule has 2 rings (SSSR count). The molecule has 0 unspecified atom stereocenters. The van der Waals surface area contributed by atoms with Crippen LogP contribution in [0.15, 0.2) is 42.5 Å². The number of carbonyl (C=O) groups is 2. The second kappa shape index (κ2) is 8.30. The number of hydrogen-bond acceptors (Lipinski definition) is 6. The number of rotatable bonds is 6. The summed E-state index contributed by atoms with van der Waals surface area (Å²) in [5.74, 6) is -1.47. The second-order valence-corrected chi connectivity index (χ2v) is 5.82. The quantitative estimate of drug-likeness (QED) is 0.345. The number of halogens is 1. The van der Waals surface area contributed by atoms with Gasteiger partial charge in [0.25, 0.3) is 11.6 Å². The average Bonchev–Trinajstić information content (AvgIpc) is 2.60. The van der Waals surface area contributed by atoms with Crippen molar-refractivity contribution in [1.29, 1.82) is 0 Å². The third kappa shape index (κ3) is 4.70. The third-order valence-electron chi connectivity index (χ3n) is 3.55. The Bertz CT molecular complexity index is 856. The van der Waals surface area contributed by atoms with Gasteiger partial charge in [0, 0.05) is 22.8 Å². The van der Waals surface area contributed by atoms with Crippen molar-refractivity contribution < 1.29 is 19.2 Å². The molecule has 0 aliphatic heterocycles. The number of nitrogens with two attached hydrogens (primary N) is 1. The summed E-state index contributed by atoms with van der Waals surface area (Å²) < 4.78 is 4.89. The minimum atomic E-state index is -0.924. The highest BCUT2D eigenvalue weighted by molar-refractivity contribution is 6.31. The molecular formula is C17H16ClN3O5. The number of amides is 1. The van der Waals surface area contributed by atoms with Crippen molar-refractivity contribution >= 4 is 34.9 Å². The highest BCUT2D eigenvalue weighted by Gasteiger charge is 2.18. The molecule has 0 aromatic heterocycles. The van der Waals surface area contributed by atoms with Gasteiger partial charge in [-0.2, -0.15) is 0 Å². The van der Waals surface area contributed by atoms with E-state index >= 15 is 0 Å². The molecular weight excluding hydrogens is 362 g/mol. The summed E-state index contributed by atoms with van der Waals surface area (Å²) in [6.45, 7) is 1.18. The van der Waals surface area contributed by atoms with Gasteiger partial charge in [0.15, 0.2) is 6.61 Å². The summed E-state index contributed by atoms with van der Waals surface area (Å²) in [7, 11) is 0. The molecule has 2 aromatic carbocycles. The van der Waals surface area contributed by atoms with Gasteiger partial charge in [-0.3, -0.25) is 14.9 Å². The van der Waals surface area contributed by atoms with Crippen LogP contribution in [0.5, 0.6) is 0 Å². The fraction of sp³-hybridized carbons (Fsp3) is 0.176. The maximum absolute atomic E-state index is 12.0. The maximum Gasteiger partial charge on any atom is 0.341 e. The molecule has 1 atom stereocenters. The molecule has 1 amide bonds. The summed E-state index contributed by atoms with van der Waals surface area (Å²) in [5, 5.41) is 13.9. The van der Waals surface area contributed by atoms with Crippen LogP contribution in [0.2, 0.25) is 5.02 Å². The van der Waals surface area contributed by atoms with E-state index in [1.54, 1.807) is 31.2 Å². The lowest BCUT2D eigenvalue weighted by atomic mass is 10.1. The largest absolute Gasteiger partial charge is 0.452 e. The van der Waals surface area contributed by atoms with Crippen LogP contribution >= 0.6 is 11.6 Å². The van der Waals surface area contributed by atoms with Gasteiger partial charge in [-0.05, 0) is 24.6 Å². The van der Waals surface area contributed by atoms with Crippen molar-refractivity contribution in [1.82, 2.24) is 5.32 Å². The molecule has 0 heterocycles. The van der Waals surface area contributed by atoms with Gasteiger partial charge >= 0.3 is 5.97 Å². The van der Waals surface area contributed by atoms with Crippen molar-refractivity contribution in [3.05, 3.63) is 68.7 Å². The summed E-state index contributed by atoms with van der Waals surface area (Å²) in [6, 6.07) is 10.0. The Balaban J connectivity index is 1.97. The number of nitro benzene ring substituents is 1. The van der Waals surface area contributed by atoms with Gasteiger partial charge in [-0.25, -0.2) is 4.79 Å². The molecule has 9 heteroatoms. The van der Waals surface area contributed by atoms with E-state index in [2.05, 4.69) is 5.32 Å². The molecule has 26 heavy (non-hydrogen) atoms. The van der Waals surface area contributed by atoms with Crippen molar-refractivity contribution in [3.63, 3.8) is 0 Å². The topological polar surface area (TPSA) is 125 Å². The van der Waals surface area contributed by atoms with Crippen molar-refractivity contribution in [2.45, 2.75) is 13.0 Å². The predicted molar refractivity (Wildman–Crippen MR) is 95.8 cm³/mol. The van der Waals surface area contributed by atoms with Crippen LogP contribution in [0.3, 0.4) is 0 Å². The minimum absolute atomic E-state index is 0.0189. The van der Waals surface area contributed by atoms with Crippen molar-refractivity contribution in [2.75, 3.05) is 12.3 Å². The number of nitrogens with one attached hydrogen (secondary N) is 1. The van der Waals surface area contributed by atoms with Gasteiger partial charge in [0.2, 0.25) is 0 Å². The van der Waals surface area contributed by atoms with Gasteiger partial charge in [-0.15, -0.1) is 0 Å². The van der Waals surface area contributed by atoms with Gasteiger partial charge < -0.3 is 15.8 Å². The molecule has 0 aliphatic carbocycles. The van der Waals surface area contributed by atoms with Crippen LogP contribution < -0.4 is 11.1 Å². The Labute approximate surface area is 154 Å². The van der Waals surface area contributed by atoms with E-state index in [4.69, 9.17) is 22.1 Å². The first-order valence-corrected chi connectivity index (χ1v) is 7.92. The molecule has 0 bridgehead atoms. The molecule has 136 valence electrons. The van der Waals surface area contributed by atoms with Crippen molar-refractivity contribution in [2.24, 2.45) is 0 Å². The average molecular weight is 378 g/mol. The lowest BCUT2D eigenvalue weighted by Gasteiger charge is -2.15. The standard InChI is InChI=1S/C17H16ClN3O5/c1-10(12-4-2-3-5-14(12)18)20-16(22)9-26-17(23)13-8-11(21(24)25)6-7-15(13)19/h2-8,10H,9,19H2,1H3,(H,20,22)/t10-/m1/s1. The zero-order valence-electron chi connectivity index (χ0n) is 13.8. The first kappa shape index (κ1) is 19.2. The van der Waals surface area contributed by atoms with Crippen LogP contribution in [-0.4, -0.2) is 23.4 Å². The number of benzene rings is 2. The van der Waals surface area contributed by atoms with Gasteiger partial charge in [0.1, 0.15) is 0 Å². The van der Waals surface area contributed by atoms with E-state index in [1.807, 2.05) is 0 Å². The first-order chi connectivity index (χ1) is 12.3. The zero-order chi connectivity index (χ0) is 19.3. The Hall–Kier alpha value is -3.13. The van der Waals surface area contributed by atoms with Crippen LogP contribution in [0, 0.1) is 10.1 Å². The van der Waals surface area contributed by atoms with Crippen LogP contribution in [0.4, 0.5) is 11.4 Å². The number of nitro groups is 1. The van der Waals surface area contributed by atoms with Gasteiger partial charge in [0.05, 0.1) is 16.5 Å². The molecule has 2 aromatic rings. The van der Waals surface area contributed by atoms with E-state index in [1.165, 1.54) is 12.1 Å². The molecule has 0 aliphatic rings. The Morgan fingerprint density at radius 3 is 2.65 bits per heavy atom. The maximum atomic E-state index is 12.0. The zero-order valence-corrected chi connectivity index (χ0v) is 14.5. The van der Waals surface area contributed by atoms with Gasteiger partial charge in [-0.1, -0.05) is 29.8 Å². The molecule has 0 radical (unpaired) electrons. The Morgan fingerprint density at radius 1 is 1.31 bits per heavy atom. The number of ether oxygens (including phenoxy) is 1. The fourth-order valence-electron chi connectivity index (χ4n) is 2.23. The predicted octanol–water partition coefficient (Wildman–Crippen LogP) is 2.86. The summed E-state index contributed by atoms with van der Waals surface area (Å²) >= 11 is 6.06. The SMILES string of the molecule is C[C@@H](NC(=O)COC(=O)c1cc([N+](=O)[O-])ccc1N)c1ccccc1Cl. The van der Waals surface area contributed by atoms with E-state index in [0.29, 0.717) is 5.02 Å². The normalized spacial score (nSPS) is 11.5. The number of carbonyl (C=O) groups excluding carboxylic acids is 2. The Kier molecular flexibility index (Phi) is 6.13. The number of esters is 1. The van der Waals surface area contributed by atoms with E-state index in [-0.39, 0.29) is 16.9 Å². The molecule has 0 saturated heterocycles. The molecule has 0 saturated carbocycles. The number of hydrogen-bond donors (Lipinski definition) is 2. The third-order valence-corrected chi connectivity index (χ3v) is 3.90. The number of non-ortho nitro benzene ring substituents is 1. The monoisotopic (exact) mass is 377 g/mol. The molecule has 0 spiro atoms. The summed E-state index contributed by atoms with van der Waals surface area (Å²) in [6.07, 6.45) is 0. The lowest BCUT2D eigenvalue weighted by Crippen LogP contribution is -2.31. The summed E-state index contributed by atoms with van der Waals surface area (Å²) in [4.78, 5) is 34.1. The highest BCUT2D eigenvalue weighted by atomic mass is 35.5. The summed E-state index contributed by atoms with van der Waals surface area (Å²) in [5.41, 5.74) is 5.89. The van der Waals surface area contributed by atoms with Crippen LogP contribution in [0.25, 0.3) is 0 Å². The second-order valence-electron chi connectivity index (χ2n) is 5.42. The molecule has 8 nitrogen and oxygen atoms in total. The Morgan fingerprint density at radius 2 is 2.00 bits per heavy atom. The van der Waals surface area contributed by atoms with E-state index < -0.39 is 29.4 Å². The molecule has 0 fully saturated rings. The molecule has 3 N–H and O–H groups in total. The number of anilines is 1. The van der Waals surface area contributed by atoms with Crippen molar-refractivity contribution in [3.8, 4) is 0 Å². The fourth-order valence-corrected chi connectivity index (χ4v) is 2.53. The first-order valence-electron chi connectivity index (χ1n) is 7.54. The number of nitrogen functional groups attached to an aromatic ring is 1. The number of nitrogens with zero attached hydrogens (tertiary/aromatic N) is 1. The van der Waals surface area contributed by atoms with E-state index in [0.717, 1.165) is 11.6 Å². The smallest absolute Gasteiger partial charge is 0.341 e. The highest BCUT2D eigenvalue weighted by Crippen LogP contribution is 2.22.